The Morgan fingerprint density at radius 2 is 1.72 bits per heavy atom. The van der Waals surface area contributed by atoms with Gasteiger partial charge in [-0.15, -0.1) is 0 Å². The summed E-state index contributed by atoms with van der Waals surface area (Å²) in [5, 5.41) is 0. The molecule has 0 heterocycles. The van der Waals surface area contributed by atoms with Crippen molar-refractivity contribution in [1.29, 1.82) is 0 Å². The average molecular weight is 239 g/mol. The molecule has 0 saturated carbocycles. The molecule has 1 heteroatoms. The minimum atomic E-state index is -0.0207. The summed E-state index contributed by atoms with van der Waals surface area (Å²) in [6.07, 6.45) is 2.08. The van der Waals surface area contributed by atoms with Crippen molar-refractivity contribution < 1.29 is 0 Å². The van der Waals surface area contributed by atoms with Gasteiger partial charge in [-0.2, -0.15) is 0 Å². The Hall–Kier alpha value is -1.60. The van der Waals surface area contributed by atoms with Gasteiger partial charge >= 0.3 is 0 Å². The molecule has 0 radical (unpaired) electrons. The highest BCUT2D eigenvalue weighted by Gasteiger charge is 2.12. The van der Waals surface area contributed by atoms with E-state index in [4.69, 9.17) is 5.73 Å². The summed E-state index contributed by atoms with van der Waals surface area (Å²) in [5.74, 6) is 0. The van der Waals surface area contributed by atoms with Gasteiger partial charge in [-0.25, -0.2) is 0 Å². The first-order valence-corrected chi connectivity index (χ1v) is 6.68. The third-order valence-electron chi connectivity index (χ3n) is 3.49. The van der Waals surface area contributed by atoms with E-state index in [1.54, 1.807) is 0 Å². The van der Waals surface area contributed by atoms with Gasteiger partial charge in [0.05, 0.1) is 6.04 Å². The number of nitrogens with two attached hydrogens (primary N) is 1. The molecule has 0 aliphatic heterocycles. The van der Waals surface area contributed by atoms with Crippen molar-refractivity contribution in [3.05, 3.63) is 70.8 Å². The largest absolute Gasteiger partial charge is 0.320 e. The van der Waals surface area contributed by atoms with E-state index < -0.39 is 0 Å². The molecule has 18 heavy (non-hydrogen) atoms. The van der Waals surface area contributed by atoms with Crippen LogP contribution in [0.15, 0.2) is 48.5 Å². The maximum atomic E-state index is 6.42. The lowest BCUT2D eigenvalue weighted by Gasteiger charge is -2.17. The van der Waals surface area contributed by atoms with Crippen LogP contribution in [0.25, 0.3) is 0 Å². The number of aryl methyl sites for hydroxylation is 2. The van der Waals surface area contributed by atoms with Crippen molar-refractivity contribution in [2.75, 3.05) is 0 Å². The van der Waals surface area contributed by atoms with Gasteiger partial charge in [-0.3, -0.25) is 0 Å². The van der Waals surface area contributed by atoms with Gasteiger partial charge in [0.1, 0.15) is 0 Å². The molecule has 1 unspecified atom stereocenters. The second-order valence-electron chi connectivity index (χ2n) is 4.63. The molecule has 2 rings (SSSR count). The summed E-state index contributed by atoms with van der Waals surface area (Å²) in [7, 11) is 0. The lowest BCUT2D eigenvalue weighted by Crippen LogP contribution is -2.14. The minimum absolute atomic E-state index is 0.0207. The average Bonchev–Trinajstić information content (AvgIpc) is 2.46. The van der Waals surface area contributed by atoms with E-state index in [-0.39, 0.29) is 6.04 Å². The highest BCUT2D eigenvalue weighted by atomic mass is 14.6. The van der Waals surface area contributed by atoms with E-state index in [0.29, 0.717) is 0 Å². The summed E-state index contributed by atoms with van der Waals surface area (Å²) in [6, 6.07) is 17.0. The maximum Gasteiger partial charge on any atom is 0.0554 e. The number of benzene rings is 2. The van der Waals surface area contributed by atoms with Gasteiger partial charge in [0, 0.05) is 0 Å². The third-order valence-corrected chi connectivity index (χ3v) is 3.49. The lowest BCUT2D eigenvalue weighted by atomic mass is 9.93. The SMILES string of the molecule is CCc1cccc(C(N)c2ccccc2CC)c1. The van der Waals surface area contributed by atoms with Crippen LogP contribution in [0.3, 0.4) is 0 Å². The highest BCUT2D eigenvalue weighted by molar-refractivity contribution is 5.38. The molecule has 2 aromatic rings. The van der Waals surface area contributed by atoms with Gasteiger partial charge in [0.2, 0.25) is 0 Å². The molecule has 0 aliphatic carbocycles. The van der Waals surface area contributed by atoms with E-state index in [1.807, 2.05) is 0 Å². The summed E-state index contributed by atoms with van der Waals surface area (Å²) >= 11 is 0. The Kier molecular flexibility index (Phi) is 4.16. The molecule has 1 atom stereocenters. The summed E-state index contributed by atoms with van der Waals surface area (Å²) in [6.45, 7) is 4.35. The smallest absolute Gasteiger partial charge is 0.0554 e. The van der Waals surface area contributed by atoms with Gasteiger partial charge in [0.15, 0.2) is 0 Å². The van der Waals surface area contributed by atoms with Crippen LogP contribution in [0.5, 0.6) is 0 Å². The Labute approximate surface area is 110 Å². The fraction of sp³-hybridized carbons (Fsp3) is 0.294. The van der Waals surface area contributed by atoms with Gasteiger partial charge < -0.3 is 5.73 Å². The number of hydrogen-bond acceptors (Lipinski definition) is 1. The third kappa shape index (κ3) is 2.62. The Morgan fingerprint density at radius 1 is 0.944 bits per heavy atom. The van der Waals surface area contributed by atoms with Crippen LogP contribution in [0.1, 0.15) is 42.1 Å². The van der Waals surface area contributed by atoms with Crippen LogP contribution in [-0.4, -0.2) is 0 Å². The molecule has 0 aliphatic rings. The Balaban J connectivity index is 2.37. The quantitative estimate of drug-likeness (QED) is 0.861. The second kappa shape index (κ2) is 5.83. The Morgan fingerprint density at radius 3 is 2.44 bits per heavy atom. The van der Waals surface area contributed by atoms with Crippen LogP contribution in [0.2, 0.25) is 0 Å². The summed E-state index contributed by atoms with van der Waals surface area (Å²) < 4.78 is 0. The van der Waals surface area contributed by atoms with Crippen LogP contribution in [0, 0.1) is 0 Å². The molecular formula is C17H21N. The predicted molar refractivity (Wildman–Crippen MR) is 77.7 cm³/mol. The van der Waals surface area contributed by atoms with E-state index in [0.717, 1.165) is 12.8 Å². The summed E-state index contributed by atoms with van der Waals surface area (Å²) in [5.41, 5.74) is 11.5. The first-order chi connectivity index (χ1) is 8.76. The van der Waals surface area contributed by atoms with Crippen molar-refractivity contribution >= 4 is 0 Å². The monoisotopic (exact) mass is 239 g/mol. The maximum absolute atomic E-state index is 6.42. The highest BCUT2D eigenvalue weighted by Crippen LogP contribution is 2.24. The molecule has 0 fully saturated rings. The molecule has 0 aromatic heterocycles. The zero-order valence-electron chi connectivity index (χ0n) is 11.2. The second-order valence-corrected chi connectivity index (χ2v) is 4.63. The predicted octanol–water partition coefficient (Wildman–Crippen LogP) is 3.86. The fourth-order valence-electron chi connectivity index (χ4n) is 2.35. The fourth-order valence-corrected chi connectivity index (χ4v) is 2.35. The van der Waals surface area contributed by atoms with Crippen LogP contribution in [0.4, 0.5) is 0 Å². The van der Waals surface area contributed by atoms with E-state index in [2.05, 4.69) is 62.4 Å². The molecule has 0 amide bonds. The van der Waals surface area contributed by atoms with Crippen LogP contribution >= 0.6 is 0 Å². The van der Waals surface area contributed by atoms with E-state index >= 15 is 0 Å². The normalized spacial score (nSPS) is 12.4. The molecule has 1 nitrogen and oxygen atoms in total. The van der Waals surface area contributed by atoms with Crippen molar-refractivity contribution in [1.82, 2.24) is 0 Å². The first-order valence-electron chi connectivity index (χ1n) is 6.68. The zero-order valence-corrected chi connectivity index (χ0v) is 11.2. The van der Waals surface area contributed by atoms with E-state index in [9.17, 15) is 0 Å². The topological polar surface area (TPSA) is 26.0 Å². The lowest BCUT2D eigenvalue weighted by molar-refractivity contribution is 0.846. The summed E-state index contributed by atoms with van der Waals surface area (Å²) in [4.78, 5) is 0. The number of hydrogen-bond donors (Lipinski definition) is 1. The van der Waals surface area contributed by atoms with E-state index in [1.165, 1.54) is 22.3 Å². The molecule has 0 spiro atoms. The molecule has 2 N–H and O–H groups in total. The molecule has 0 saturated heterocycles. The number of rotatable bonds is 4. The van der Waals surface area contributed by atoms with Gasteiger partial charge in [-0.1, -0.05) is 62.4 Å². The van der Waals surface area contributed by atoms with Crippen molar-refractivity contribution in [3.63, 3.8) is 0 Å². The standard InChI is InChI=1S/C17H21N/c1-3-13-8-7-10-15(12-13)17(18)16-11-6-5-9-14(16)4-2/h5-12,17H,3-4,18H2,1-2H3. The van der Waals surface area contributed by atoms with Gasteiger partial charge in [-0.05, 0) is 35.1 Å². The Bertz CT molecular complexity index is 517. The van der Waals surface area contributed by atoms with Gasteiger partial charge in [0.25, 0.3) is 0 Å². The van der Waals surface area contributed by atoms with Crippen LogP contribution < -0.4 is 5.73 Å². The minimum Gasteiger partial charge on any atom is -0.320 e. The van der Waals surface area contributed by atoms with Crippen molar-refractivity contribution in [2.45, 2.75) is 32.7 Å². The molecular weight excluding hydrogens is 218 g/mol. The molecule has 94 valence electrons. The molecule has 0 bridgehead atoms. The first kappa shape index (κ1) is 12.8. The molecule has 2 aromatic carbocycles. The zero-order chi connectivity index (χ0) is 13.0. The van der Waals surface area contributed by atoms with Crippen molar-refractivity contribution in [3.8, 4) is 0 Å². The van der Waals surface area contributed by atoms with Crippen molar-refractivity contribution in [2.24, 2.45) is 5.73 Å². The van der Waals surface area contributed by atoms with Crippen LogP contribution in [-0.2, 0) is 12.8 Å².